The zero-order valence-corrected chi connectivity index (χ0v) is 25.7. The summed E-state index contributed by atoms with van der Waals surface area (Å²) in [6, 6.07) is 37.9. The molecule has 210 valence electrons. The molecule has 6 aromatic rings. The molecular weight excluding hydrogens is 496 g/mol. The lowest BCUT2D eigenvalue weighted by Gasteiger charge is -2.14. The number of fused-ring (bicyclic) bond motifs is 4. The molecule has 5 aromatic carbocycles. The lowest BCUT2D eigenvalue weighted by atomic mass is 9.92. The molecule has 41 heavy (non-hydrogen) atoms. The number of para-hydroxylation sites is 2. The predicted octanol–water partition coefficient (Wildman–Crippen LogP) is 10.9. The van der Waals surface area contributed by atoms with E-state index in [1.165, 1.54) is 60.5 Å². The minimum absolute atomic E-state index is 0.402. The van der Waals surface area contributed by atoms with Crippen molar-refractivity contribution >= 4 is 38.7 Å². The van der Waals surface area contributed by atoms with Crippen molar-refractivity contribution in [3.63, 3.8) is 0 Å². The summed E-state index contributed by atoms with van der Waals surface area (Å²) in [6.07, 6.45) is 5.22. The van der Waals surface area contributed by atoms with Gasteiger partial charge < -0.3 is 9.88 Å². The Morgan fingerprint density at radius 3 is 2.05 bits per heavy atom. The Morgan fingerprint density at radius 1 is 0.659 bits per heavy atom. The van der Waals surface area contributed by atoms with Crippen LogP contribution in [0.4, 0.5) is 0 Å². The first-order chi connectivity index (χ1) is 20.1. The Morgan fingerprint density at radius 2 is 1.32 bits per heavy atom. The zero-order chi connectivity index (χ0) is 29.4. The van der Waals surface area contributed by atoms with Crippen LogP contribution in [0.5, 0.6) is 0 Å². The fourth-order valence-corrected chi connectivity index (χ4v) is 5.43. The van der Waals surface area contributed by atoms with E-state index in [-0.39, 0.29) is 0 Å². The van der Waals surface area contributed by atoms with E-state index in [4.69, 9.17) is 0 Å². The van der Waals surface area contributed by atoms with Gasteiger partial charge in [0, 0.05) is 22.5 Å². The van der Waals surface area contributed by atoms with Gasteiger partial charge in [0.25, 0.3) is 0 Å². The third-order valence-electron chi connectivity index (χ3n) is 7.27. The molecule has 1 N–H and O–H groups in total. The summed E-state index contributed by atoms with van der Waals surface area (Å²) >= 11 is 0. The fraction of sp³-hybridized carbons (Fsp3) is 0.231. The zero-order valence-electron chi connectivity index (χ0n) is 25.7. The van der Waals surface area contributed by atoms with Gasteiger partial charge in [0.05, 0.1) is 11.0 Å². The summed E-state index contributed by atoms with van der Waals surface area (Å²) in [6.45, 7) is 14.6. The topological polar surface area (TPSA) is 17.0 Å². The fourth-order valence-electron chi connectivity index (χ4n) is 5.43. The molecule has 0 amide bonds. The molecule has 0 unspecified atom stereocenters. The van der Waals surface area contributed by atoms with Crippen LogP contribution in [0.1, 0.15) is 63.8 Å². The molecule has 2 nitrogen and oxygen atoms in total. The summed E-state index contributed by atoms with van der Waals surface area (Å²) in [7, 11) is 0. The normalized spacial score (nSPS) is 11.0. The van der Waals surface area contributed by atoms with Gasteiger partial charge in [-0.1, -0.05) is 100 Å². The number of aromatic nitrogens is 1. The number of hydrogen-bond donors (Lipinski definition) is 1. The molecule has 1 heterocycles. The molecule has 0 saturated carbocycles. The third-order valence-corrected chi connectivity index (χ3v) is 7.27. The maximum atomic E-state index is 3.44. The molecule has 0 bridgehead atoms. The van der Waals surface area contributed by atoms with E-state index in [1.54, 1.807) is 0 Å². The van der Waals surface area contributed by atoms with Crippen molar-refractivity contribution in [1.82, 2.24) is 9.88 Å². The Labute approximate surface area is 246 Å². The maximum absolute atomic E-state index is 3.44. The second-order valence-corrected chi connectivity index (χ2v) is 10.2. The molecule has 6 rings (SSSR count). The third kappa shape index (κ3) is 6.23. The number of rotatable bonds is 6. The van der Waals surface area contributed by atoms with Crippen molar-refractivity contribution in [3.05, 3.63) is 132 Å². The van der Waals surface area contributed by atoms with E-state index in [2.05, 4.69) is 146 Å². The van der Waals surface area contributed by atoms with Crippen molar-refractivity contribution in [3.8, 4) is 5.69 Å². The number of benzene rings is 5. The summed E-state index contributed by atoms with van der Waals surface area (Å²) in [5, 5.41) is 8.61. The van der Waals surface area contributed by atoms with E-state index in [0.717, 1.165) is 6.42 Å². The first-order valence-corrected chi connectivity index (χ1v) is 15.1. The Kier molecular flexibility index (Phi) is 10.0. The lowest BCUT2D eigenvalue weighted by Crippen LogP contribution is -2.15. The summed E-state index contributed by atoms with van der Waals surface area (Å²) in [5.41, 5.74) is 9.00. The van der Waals surface area contributed by atoms with Crippen molar-refractivity contribution in [2.75, 3.05) is 0 Å². The highest BCUT2D eigenvalue weighted by molar-refractivity contribution is 6.09. The van der Waals surface area contributed by atoms with Crippen LogP contribution in [0.25, 0.3) is 44.3 Å². The van der Waals surface area contributed by atoms with Gasteiger partial charge in [-0.2, -0.15) is 0 Å². The minimum atomic E-state index is 0.402. The van der Waals surface area contributed by atoms with E-state index in [9.17, 15) is 0 Å². The number of aryl methyl sites for hydroxylation is 1. The number of nitrogens with one attached hydrogen (secondary N) is 1. The van der Waals surface area contributed by atoms with Crippen LogP contribution >= 0.6 is 0 Å². The Balaban J connectivity index is 0.000000929. The summed E-state index contributed by atoms with van der Waals surface area (Å²) in [5.74, 6) is 0. The van der Waals surface area contributed by atoms with Gasteiger partial charge in [0.1, 0.15) is 0 Å². The van der Waals surface area contributed by atoms with Gasteiger partial charge in [-0.25, -0.2) is 0 Å². The highest BCUT2D eigenvalue weighted by atomic mass is 15.0. The average Bonchev–Trinajstić information content (AvgIpc) is 3.33. The smallest absolute Gasteiger partial charge is 0.0544 e. The summed E-state index contributed by atoms with van der Waals surface area (Å²) in [4.78, 5) is 0. The maximum Gasteiger partial charge on any atom is 0.0544 e. The SMILES string of the molecule is CC.CC.Cc1cc2c3ccccc3n(-c3ccccc3)c2cc1Cc1ccc2ccccc2c1/C=C\NC(C)C. The largest absolute Gasteiger partial charge is 0.389 e. The van der Waals surface area contributed by atoms with Crippen molar-refractivity contribution in [2.24, 2.45) is 0 Å². The molecule has 0 fully saturated rings. The molecule has 0 aliphatic carbocycles. The second-order valence-electron chi connectivity index (χ2n) is 10.2. The Hall–Kier alpha value is -4.30. The monoisotopic (exact) mass is 540 g/mol. The summed E-state index contributed by atoms with van der Waals surface area (Å²) < 4.78 is 2.40. The molecule has 0 atom stereocenters. The van der Waals surface area contributed by atoms with Gasteiger partial charge in [-0.15, -0.1) is 0 Å². The van der Waals surface area contributed by atoms with Gasteiger partial charge in [-0.3, -0.25) is 0 Å². The van der Waals surface area contributed by atoms with Gasteiger partial charge in [0.2, 0.25) is 0 Å². The number of nitrogens with zero attached hydrogens (tertiary/aromatic N) is 1. The van der Waals surface area contributed by atoms with E-state index < -0.39 is 0 Å². The molecule has 0 radical (unpaired) electrons. The number of hydrogen-bond acceptors (Lipinski definition) is 1. The van der Waals surface area contributed by atoms with Crippen molar-refractivity contribution < 1.29 is 0 Å². The van der Waals surface area contributed by atoms with Crippen LogP contribution in [0.3, 0.4) is 0 Å². The molecule has 2 heteroatoms. The highest BCUT2D eigenvalue weighted by Crippen LogP contribution is 2.35. The van der Waals surface area contributed by atoms with Crippen LogP contribution in [0, 0.1) is 6.92 Å². The van der Waals surface area contributed by atoms with Crippen molar-refractivity contribution in [1.29, 1.82) is 0 Å². The van der Waals surface area contributed by atoms with Crippen LogP contribution in [-0.2, 0) is 6.42 Å². The first kappa shape index (κ1) is 29.7. The highest BCUT2D eigenvalue weighted by Gasteiger charge is 2.15. The second kappa shape index (κ2) is 13.9. The van der Waals surface area contributed by atoms with Gasteiger partial charge in [-0.05, 0) is 103 Å². The van der Waals surface area contributed by atoms with E-state index in [1.807, 2.05) is 27.7 Å². The predicted molar refractivity (Wildman–Crippen MR) is 182 cm³/mol. The molecule has 0 saturated heterocycles. The average molecular weight is 541 g/mol. The molecule has 0 aliphatic heterocycles. The minimum Gasteiger partial charge on any atom is -0.389 e. The van der Waals surface area contributed by atoms with Crippen LogP contribution in [-0.4, -0.2) is 10.6 Å². The molecule has 1 aromatic heterocycles. The first-order valence-electron chi connectivity index (χ1n) is 15.1. The van der Waals surface area contributed by atoms with Gasteiger partial charge in [0.15, 0.2) is 0 Å². The molecular formula is C39H44N2. The van der Waals surface area contributed by atoms with Crippen LogP contribution in [0.2, 0.25) is 0 Å². The molecule has 0 spiro atoms. The standard InChI is InChI=1S/C35H32N2.2C2H6/c1-24(2)36-20-19-31-27(18-17-26-11-7-8-14-30(26)31)22-28-23-35-33(21-25(28)3)32-15-9-10-16-34(32)37(35)29-12-5-4-6-13-29;2*1-2/h4-21,23-24,36H,22H2,1-3H3;2*1-2H3/b20-19-;;. The van der Waals surface area contributed by atoms with Crippen LogP contribution in [0.15, 0.2) is 109 Å². The van der Waals surface area contributed by atoms with Gasteiger partial charge >= 0.3 is 0 Å². The van der Waals surface area contributed by atoms with E-state index in [0.29, 0.717) is 6.04 Å². The quantitative estimate of drug-likeness (QED) is 0.222. The molecule has 0 aliphatic rings. The van der Waals surface area contributed by atoms with E-state index >= 15 is 0 Å². The lowest BCUT2D eigenvalue weighted by molar-refractivity contribution is 0.705. The van der Waals surface area contributed by atoms with Crippen LogP contribution < -0.4 is 5.32 Å². The Bertz CT molecular complexity index is 1750. The van der Waals surface area contributed by atoms with Crippen molar-refractivity contribution in [2.45, 2.75) is 60.9 Å².